The molecule has 0 fully saturated rings. The summed E-state index contributed by atoms with van der Waals surface area (Å²) in [4.78, 5) is 0. The van der Waals surface area contributed by atoms with Gasteiger partial charge in [-0.05, 0) is 10.8 Å². The van der Waals surface area contributed by atoms with Gasteiger partial charge in [0, 0.05) is 12.7 Å². The fourth-order valence-corrected chi connectivity index (χ4v) is 1.54. The Bertz CT molecular complexity index is 59.5. The molecule has 0 radical (unpaired) electrons. The van der Waals surface area contributed by atoms with Crippen LogP contribution in [-0.2, 0) is 0 Å². The van der Waals surface area contributed by atoms with Crippen LogP contribution < -0.4 is 0 Å². The Morgan fingerprint density at radius 2 is 2.00 bits per heavy atom. The van der Waals surface area contributed by atoms with Gasteiger partial charge in [0.05, 0.1) is 0 Å². The monoisotopic (exact) mass is 154 g/mol. The summed E-state index contributed by atoms with van der Waals surface area (Å²) < 4.78 is 0. The molecule has 0 aliphatic heterocycles. The van der Waals surface area contributed by atoms with E-state index in [1.54, 1.807) is 0 Å². The largest absolute Gasteiger partial charge is 0.357 e. The molecule has 0 heterocycles. The van der Waals surface area contributed by atoms with Crippen molar-refractivity contribution in [2.45, 2.75) is 19.0 Å². The first-order valence-corrected chi connectivity index (χ1v) is 4.63. The van der Waals surface area contributed by atoms with Crippen LogP contribution in [0, 0.1) is 0 Å². The van der Waals surface area contributed by atoms with Gasteiger partial charge in [0.1, 0.15) is 0 Å². The van der Waals surface area contributed by atoms with E-state index in [0.717, 1.165) is 16.5 Å². The van der Waals surface area contributed by atoms with Crippen LogP contribution in [0.25, 0.3) is 0 Å². The van der Waals surface area contributed by atoms with Gasteiger partial charge in [-0.15, -0.1) is 0 Å². The highest BCUT2D eigenvalue weighted by atomic mass is 33.1. The van der Waals surface area contributed by atoms with E-state index in [0.29, 0.717) is 0 Å². The smallest absolute Gasteiger partial charge is 0.220 e. The van der Waals surface area contributed by atoms with Crippen molar-refractivity contribution >= 4 is 21.6 Å². The average molecular weight is 154 g/mol. The lowest BCUT2D eigenvalue weighted by atomic mass is 10.8. The first-order valence-electron chi connectivity index (χ1n) is 2.31. The minimum atomic E-state index is -1.57. The summed E-state index contributed by atoms with van der Waals surface area (Å²) in [6.45, 7) is 3.31. The third-order valence-electron chi connectivity index (χ3n) is 0.335. The molecule has 0 aliphatic rings. The van der Waals surface area contributed by atoms with Gasteiger partial charge in [0.2, 0.25) is 5.12 Å². The fourth-order valence-electron chi connectivity index (χ4n) is 0.171. The number of aliphatic hydroxyl groups is 2. The van der Waals surface area contributed by atoms with E-state index >= 15 is 0 Å². The molecule has 0 aliphatic carbocycles. The van der Waals surface area contributed by atoms with Crippen molar-refractivity contribution in [3.63, 3.8) is 0 Å². The van der Waals surface area contributed by atoms with E-state index in [9.17, 15) is 0 Å². The van der Waals surface area contributed by atoms with Crippen LogP contribution in [0.15, 0.2) is 0 Å². The van der Waals surface area contributed by atoms with Crippen molar-refractivity contribution < 1.29 is 10.2 Å². The number of hydrogen-bond donors (Lipinski definition) is 2. The molecule has 0 aromatic rings. The molecule has 4 heteroatoms. The van der Waals surface area contributed by atoms with Crippen molar-refractivity contribution in [2.75, 3.05) is 5.75 Å². The van der Waals surface area contributed by atoms with Gasteiger partial charge in [0.25, 0.3) is 0 Å². The predicted molar refractivity (Wildman–Crippen MR) is 38.6 cm³/mol. The molecular formula is C4H10O2S2. The van der Waals surface area contributed by atoms with Crippen LogP contribution in [-0.4, -0.2) is 21.1 Å². The Balaban J connectivity index is 3.11. The molecule has 0 bridgehead atoms. The summed E-state index contributed by atoms with van der Waals surface area (Å²) in [6, 6.07) is 0. The van der Waals surface area contributed by atoms with Crippen molar-refractivity contribution in [3.8, 4) is 0 Å². The zero-order valence-corrected chi connectivity index (χ0v) is 6.55. The highest BCUT2D eigenvalue weighted by molar-refractivity contribution is 8.77. The second kappa shape index (κ2) is 3.61. The standard InChI is InChI=1S/C4H10O2S2/c1-3-7-8-4(2,5)6/h5-6H,3H2,1-2H3. The van der Waals surface area contributed by atoms with Crippen LogP contribution in [0.4, 0.5) is 0 Å². The van der Waals surface area contributed by atoms with Gasteiger partial charge in [-0.1, -0.05) is 17.7 Å². The molecule has 0 atom stereocenters. The van der Waals surface area contributed by atoms with Crippen molar-refractivity contribution in [3.05, 3.63) is 0 Å². The summed E-state index contributed by atoms with van der Waals surface area (Å²) in [6.07, 6.45) is 0. The van der Waals surface area contributed by atoms with Crippen molar-refractivity contribution in [1.82, 2.24) is 0 Å². The van der Waals surface area contributed by atoms with Gasteiger partial charge < -0.3 is 10.2 Å². The topological polar surface area (TPSA) is 40.5 Å². The van der Waals surface area contributed by atoms with E-state index in [1.807, 2.05) is 6.92 Å². The minimum absolute atomic E-state index is 0.890. The molecule has 2 nitrogen and oxygen atoms in total. The zero-order valence-electron chi connectivity index (χ0n) is 4.92. The molecule has 0 aromatic heterocycles. The van der Waals surface area contributed by atoms with E-state index in [4.69, 9.17) is 10.2 Å². The molecule has 0 unspecified atom stereocenters. The molecule has 0 saturated heterocycles. The van der Waals surface area contributed by atoms with Gasteiger partial charge in [-0.2, -0.15) is 0 Å². The Morgan fingerprint density at radius 3 is 2.12 bits per heavy atom. The summed E-state index contributed by atoms with van der Waals surface area (Å²) in [5.74, 6) is 0.890. The maximum Gasteiger partial charge on any atom is 0.220 e. The molecule has 8 heavy (non-hydrogen) atoms. The number of rotatable bonds is 3. The van der Waals surface area contributed by atoms with Crippen LogP contribution in [0.5, 0.6) is 0 Å². The normalized spacial score (nSPS) is 12.0. The third-order valence-corrected chi connectivity index (χ3v) is 3.01. The van der Waals surface area contributed by atoms with Gasteiger partial charge in [-0.3, -0.25) is 0 Å². The van der Waals surface area contributed by atoms with Crippen molar-refractivity contribution in [2.24, 2.45) is 0 Å². The predicted octanol–water partition coefficient (Wildman–Crippen LogP) is 1.05. The highest BCUT2D eigenvalue weighted by Crippen LogP contribution is 2.30. The molecule has 50 valence electrons. The second-order valence-electron chi connectivity index (χ2n) is 1.42. The van der Waals surface area contributed by atoms with Crippen LogP contribution in [0.2, 0.25) is 0 Å². The molecule has 0 rings (SSSR count). The maximum atomic E-state index is 8.65. The van der Waals surface area contributed by atoms with Crippen molar-refractivity contribution in [1.29, 1.82) is 0 Å². The zero-order chi connectivity index (χ0) is 6.62. The maximum absolute atomic E-state index is 8.65. The summed E-state index contributed by atoms with van der Waals surface area (Å²) in [5, 5.41) is 15.7. The molecule has 0 saturated carbocycles. The van der Waals surface area contributed by atoms with E-state index < -0.39 is 5.12 Å². The summed E-state index contributed by atoms with van der Waals surface area (Å²) >= 11 is 0. The first-order chi connectivity index (χ1) is 3.56. The lowest BCUT2D eigenvalue weighted by Gasteiger charge is -2.11. The highest BCUT2D eigenvalue weighted by Gasteiger charge is 2.14. The lowest BCUT2D eigenvalue weighted by molar-refractivity contribution is -0.0574. The van der Waals surface area contributed by atoms with E-state index in [1.165, 1.54) is 17.7 Å². The molecule has 0 spiro atoms. The van der Waals surface area contributed by atoms with Gasteiger partial charge >= 0.3 is 0 Å². The fraction of sp³-hybridized carbons (Fsp3) is 1.00. The SMILES string of the molecule is CCSSC(C)(O)O. The summed E-state index contributed by atoms with van der Waals surface area (Å²) in [5.41, 5.74) is 0. The lowest BCUT2D eigenvalue weighted by Crippen LogP contribution is -2.15. The first kappa shape index (κ1) is 8.62. The quantitative estimate of drug-likeness (QED) is 0.471. The van der Waals surface area contributed by atoms with Gasteiger partial charge in [0.15, 0.2) is 0 Å². The Morgan fingerprint density at radius 1 is 1.50 bits per heavy atom. The third kappa shape index (κ3) is 6.62. The van der Waals surface area contributed by atoms with E-state index in [2.05, 4.69) is 0 Å². The molecular weight excluding hydrogens is 144 g/mol. The Labute approximate surface area is 57.1 Å². The van der Waals surface area contributed by atoms with Crippen LogP contribution in [0.1, 0.15) is 13.8 Å². The minimum Gasteiger partial charge on any atom is -0.357 e. The Kier molecular flexibility index (Phi) is 3.89. The summed E-state index contributed by atoms with van der Waals surface area (Å²) in [7, 11) is 2.49. The van der Waals surface area contributed by atoms with Crippen LogP contribution in [0.3, 0.4) is 0 Å². The second-order valence-corrected chi connectivity index (χ2v) is 4.38. The van der Waals surface area contributed by atoms with Crippen LogP contribution >= 0.6 is 21.6 Å². The molecule has 2 N–H and O–H groups in total. The van der Waals surface area contributed by atoms with Gasteiger partial charge in [-0.25, -0.2) is 0 Å². The molecule has 0 aromatic carbocycles. The molecule has 0 amide bonds. The number of hydrogen-bond acceptors (Lipinski definition) is 4. The Hall–Kier alpha value is 0.620. The van der Waals surface area contributed by atoms with E-state index in [-0.39, 0.29) is 0 Å². The average Bonchev–Trinajstić information content (AvgIpc) is 1.59.